The molecule has 0 atom stereocenters. The number of carbonyl (C=O) groups excluding carboxylic acids is 1. The number of halogens is 4. The molecular weight excluding hydrogens is 518 g/mol. The van der Waals surface area contributed by atoms with Gasteiger partial charge in [-0.15, -0.1) is 0 Å². The van der Waals surface area contributed by atoms with Crippen molar-refractivity contribution < 1.29 is 44.3 Å². The van der Waals surface area contributed by atoms with E-state index in [4.69, 9.17) is 0 Å². The summed E-state index contributed by atoms with van der Waals surface area (Å²) in [4.78, 5) is 11.5. The molecule has 15 heteroatoms. The minimum atomic E-state index is -4.45. The summed E-state index contributed by atoms with van der Waals surface area (Å²) in [5, 5.41) is 10.4. The number of rotatable bonds is 6. The van der Waals surface area contributed by atoms with Gasteiger partial charge >= 0.3 is 16.4 Å². The second kappa shape index (κ2) is 8.64. The number of nitrogens with one attached hydrogen (secondary N) is 1. The zero-order valence-corrected chi connectivity index (χ0v) is 19.5. The molecule has 0 radical (unpaired) electrons. The molecule has 2 aliphatic rings. The fourth-order valence-corrected chi connectivity index (χ4v) is 6.52. The number of sulfonamides is 1. The number of alkyl halides is 3. The summed E-state index contributed by atoms with van der Waals surface area (Å²) in [6.07, 6.45) is -4.69. The summed E-state index contributed by atoms with van der Waals surface area (Å²) in [6.45, 7) is -0.916. The SMILES string of the molecule is O=C1CN(c2c(O)cc3ccc(C4=CCN(S(=O)(=O)CCCC(F)(F)F)C4)cc3c2F)S(=O)(=O)N1. The number of carbonyl (C=O) groups is 1. The van der Waals surface area contributed by atoms with Crippen molar-refractivity contribution in [2.24, 2.45) is 0 Å². The van der Waals surface area contributed by atoms with Gasteiger partial charge in [0.05, 0.1) is 5.75 Å². The third kappa shape index (κ3) is 5.06. The molecule has 2 aromatic carbocycles. The van der Waals surface area contributed by atoms with Gasteiger partial charge in [0.2, 0.25) is 10.0 Å². The molecule has 9 nitrogen and oxygen atoms in total. The first-order valence-corrected chi connectivity index (χ1v) is 13.3. The smallest absolute Gasteiger partial charge is 0.389 e. The molecule has 35 heavy (non-hydrogen) atoms. The molecule has 0 unspecified atom stereocenters. The van der Waals surface area contributed by atoms with E-state index in [0.29, 0.717) is 15.4 Å². The number of nitrogens with zero attached hydrogens (tertiary/aromatic N) is 2. The molecule has 0 aliphatic carbocycles. The number of amides is 1. The third-order valence-electron chi connectivity index (χ3n) is 5.62. The lowest BCUT2D eigenvalue weighted by Crippen LogP contribution is -2.31. The van der Waals surface area contributed by atoms with Gasteiger partial charge in [0.25, 0.3) is 5.91 Å². The largest absolute Gasteiger partial charge is 0.506 e. The van der Waals surface area contributed by atoms with Crippen LogP contribution in [0, 0.1) is 5.82 Å². The Morgan fingerprint density at radius 3 is 2.49 bits per heavy atom. The van der Waals surface area contributed by atoms with Crippen LogP contribution in [0.25, 0.3) is 16.3 Å². The van der Waals surface area contributed by atoms with Crippen molar-refractivity contribution in [2.75, 3.05) is 29.7 Å². The van der Waals surface area contributed by atoms with Gasteiger partial charge in [-0.25, -0.2) is 21.8 Å². The highest BCUT2D eigenvalue weighted by atomic mass is 32.2. The van der Waals surface area contributed by atoms with E-state index in [1.54, 1.807) is 16.9 Å². The van der Waals surface area contributed by atoms with Crippen LogP contribution in [0.15, 0.2) is 30.3 Å². The number of aromatic hydroxyl groups is 1. The maximum atomic E-state index is 15.4. The van der Waals surface area contributed by atoms with Gasteiger partial charge in [0, 0.05) is 24.9 Å². The van der Waals surface area contributed by atoms with Gasteiger partial charge in [0.1, 0.15) is 18.0 Å². The van der Waals surface area contributed by atoms with Gasteiger partial charge < -0.3 is 5.11 Å². The molecule has 2 N–H and O–H groups in total. The van der Waals surface area contributed by atoms with Crippen molar-refractivity contribution in [3.63, 3.8) is 0 Å². The van der Waals surface area contributed by atoms with Crippen LogP contribution in [-0.2, 0) is 25.0 Å². The van der Waals surface area contributed by atoms with E-state index in [1.807, 2.05) is 0 Å². The Bertz CT molecular complexity index is 1460. The molecule has 0 bridgehead atoms. The molecule has 0 aromatic heterocycles. The van der Waals surface area contributed by atoms with E-state index in [9.17, 15) is 39.9 Å². The van der Waals surface area contributed by atoms with Crippen LogP contribution < -0.4 is 9.03 Å². The fraction of sp³-hybridized carbons (Fsp3) is 0.350. The summed E-state index contributed by atoms with van der Waals surface area (Å²) in [7, 11) is -8.34. The predicted molar refractivity (Wildman–Crippen MR) is 119 cm³/mol. The molecule has 2 aromatic rings. The first-order valence-electron chi connectivity index (χ1n) is 10.2. The Balaban J connectivity index is 1.60. The van der Waals surface area contributed by atoms with Crippen LogP contribution in [-0.4, -0.2) is 63.7 Å². The van der Waals surface area contributed by atoms with Gasteiger partial charge in [-0.1, -0.05) is 18.2 Å². The number of hydrogen-bond donors (Lipinski definition) is 2. The number of benzene rings is 2. The molecule has 1 amide bonds. The van der Waals surface area contributed by atoms with E-state index in [2.05, 4.69) is 0 Å². The lowest BCUT2D eigenvalue weighted by atomic mass is 10.0. The van der Waals surface area contributed by atoms with E-state index in [-0.39, 0.29) is 23.9 Å². The standard InChI is InChI=1S/C20H19F4N3O6S2/c21-18-15-8-12(14-4-6-26(10-14)34(30,31)7-1-5-20(22,23)24)2-3-13(15)9-16(28)19(18)27-11-17(29)25-35(27,32)33/h2-4,8-9,28H,1,5-7,10-11H2,(H,25,29). The van der Waals surface area contributed by atoms with Crippen LogP contribution in [0.1, 0.15) is 18.4 Å². The molecule has 0 saturated carbocycles. The number of phenolic OH excluding ortho intramolecular Hbond substituents is 1. The van der Waals surface area contributed by atoms with Crippen LogP contribution in [0.3, 0.4) is 0 Å². The molecule has 2 aliphatic heterocycles. The number of hydrogen-bond acceptors (Lipinski definition) is 6. The Kier molecular flexibility index (Phi) is 6.22. The molecule has 4 rings (SSSR count). The van der Waals surface area contributed by atoms with Gasteiger partial charge in [-0.05, 0) is 35.1 Å². The maximum Gasteiger partial charge on any atom is 0.389 e. The molecule has 2 heterocycles. The summed E-state index contributed by atoms with van der Waals surface area (Å²) < 4.78 is 105. The Morgan fingerprint density at radius 2 is 1.86 bits per heavy atom. The molecule has 0 spiro atoms. The van der Waals surface area contributed by atoms with Crippen molar-refractivity contribution in [2.45, 2.75) is 19.0 Å². The second-order valence-electron chi connectivity index (χ2n) is 8.09. The minimum absolute atomic E-state index is 0.0646. The van der Waals surface area contributed by atoms with Crippen LogP contribution in [0.4, 0.5) is 23.2 Å². The number of anilines is 1. The Morgan fingerprint density at radius 1 is 1.14 bits per heavy atom. The van der Waals surface area contributed by atoms with Gasteiger partial charge in [0.15, 0.2) is 5.82 Å². The highest BCUT2D eigenvalue weighted by Crippen LogP contribution is 2.39. The normalized spacial score (nSPS) is 18.8. The Labute approximate surface area is 197 Å². The quantitative estimate of drug-likeness (QED) is 0.545. The lowest BCUT2D eigenvalue weighted by Gasteiger charge is -2.19. The average molecular weight is 538 g/mol. The lowest BCUT2D eigenvalue weighted by molar-refractivity contribution is -0.134. The number of phenols is 1. The van der Waals surface area contributed by atoms with Crippen molar-refractivity contribution in [3.05, 3.63) is 41.7 Å². The fourth-order valence-electron chi connectivity index (χ4n) is 3.95. The summed E-state index contributed by atoms with van der Waals surface area (Å²) in [5.41, 5.74) is 0.174. The van der Waals surface area contributed by atoms with Crippen molar-refractivity contribution >= 4 is 48.2 Å². The van der Waals surface area contributed by atoms with E-state index in [1.165, 1.54) is 12.1 Å². The van der Waals surface area contributed by atoms with Crippen molar-refractivity contribution in [1.29, 1.82) is 0 Å². The zero-order valence-electron chi connectivity index (χ0n) is 17.8. The topological polar surface area (TPSA) is 124 Å². The number of fused-ring (bicyclic) bond motifs is 1. The summed E-state index contributed by atoms with van der Waals surface area (Å²) >= 11 is 0. The van der Waals surface area contributed by atoms with E-state index in [0.717, 1.165) is 10.4 Å². The van der Waals surface area contributed by atoms with Gasteiger partial charge in [-0.2, -0.15) is 25.9 Å². The van der Waals surface area contributed by atoms with E-state index < -0.39 is 74.7 Å². The zero-order chi connectivity index (χ0) is 25.8. The van der Waals surface area contributed by atoms with Crippen LogP contribution >= 0.6 is 0 Å². The van der Waals surface area contributed by atoms with Crippen LogP contribution in [0.5, 0.6) is 5.75 Å². The predicted octanol–water partition coefficient (Wildman–Crippen LogP) is 2.24. The van der Waals surface area contributed by atoms with Gasteiger partial charge in [-0.3, -0.25) is 4.79 Å². The summed E-state index contributed by atoms with van der Waals surface area (Å²) in [5.74, 6) is -3.36. The highest BCUT2D eigenvalue weighted by molar-refractivity contribution is 7.92. The third-order valence-corrected chi connectivity index (χ3v) is 8.86. The average Bonchev–Trinajstić information content (AvgIpc) is 3.32. The second-order valence-corrected chi connectivity index (χ2v) is 11.8. The molecule has 1 saturated heterocycles. The monoisotopic (exact) mass is 537 g/mol. The van der Waals surface area contributed by atoms with Crippen molar-refractivity contribution in [1.82, 2.24) is 9.03 Å². The van der Waals surface area contributed by atoms with Crippen LogP contribution in [0.2, 0.25) is 0 Å². The Hall–Kier alpha value is -2.91. The first-order chi connectivity index (χ1) is 16.2. The van der Waals surface area contributed by atoms with E-state index >= 15 is 4.39 Å². The molecule has 190 valence electrons. The van der Waals surface area contributed by atoms with Crippen molar-refractivity contribution in [3.8, 4) is 5.75 Å². The minimum Gasteiger partial charge on any atom is -0.506 e. The summed E-state index contributed by atoms with van der Waals surface area (Å²) in [6, 6.07) is 5.47. The maximum absolute atomic E-state index is 15.4. The molecular formula is C20H19F4N3O6S2. The highest BCUT2D eigenvalue weighted by Gasteiger charge is 2.38. The first kappa shape index (κ1) is 25.2. The molecule has 1 fully saturated rings.